The van der Waals surface area contributed by atoms with Crippen molar-refractivity contribution in [2.24, 2.45) is 0 Å². The molecule has 3 heterocycles. The minimum atomic E-state index is -0.240. The van der Waals surface area contributed by atoms with Gasteiger partial charge in [-0.3, -0.25) is 9.89 Å². The Bertz CT molecular complexity index is 1200. The van der Waals surface area contributed by atoms with Crippen molar-refractivity contribution in [2.45, 2.75) is 26.4 Å². The molecule has 150 valence electrons. The molecule has 1 aromatic carbocycles. The molecule has 29 heavy (non-hydrogen) atoms. The Balaban J connectivity index is 1.93. The van der Waals surface area contributed by atoms with Gasteiger partial charge >= 0.3 is 0 Å². The predicted molar refractivity (Wildman–Crippen MR) is 108 cm³/mol. The number of H-pyrrole nitrogens is 1. The average Bonchev–Trinajstić information content (AvgIpc) is 3.34. The first-order chi connectivity index (χ1) is 14.0. The van der Waals surface area contributed by atoms with Gasteiger partial charge in [-0.25, -0.2) is 9.50 Å². The molecule has 0 aliphatic carbocycles. The van der Waals surface area contributed by atoms with Crippen LogP contribution in [0.1, 0.15) is 31.2 Å². The molecule has 0 saturated heterocycles. The molecular formula is C21H22N4O4. The van der Waals surface area contributed by atoms with Crippen LogP contribution < -0.4 is 10.3 Å². The standard InChI is InChI=1S/C21H22N4O4/c1-12(2)18-9-16(24-29-18)15-10-19(26)25-21(22-15)20(17(23-25)11-27-3)13-5-7-14(28-4)8-6-13/h5-10,12,23H,11H2,1-4H3. The summed E-state index contributed by atoms with van der Waals surface area (Å²) in [6.45, 7) is 4.34. The van der Waals surface area contributed by atoms with E-state index in [1.165, 1.54) is 10.6 Å². The van der Waals surface area contributed by atoms with Gasteiger partial charge in [-0.05, 0) is 17.7 Å². The molecule has 1 N–H and O–H groups in total. The third kappa shape index (κ3) is 3.42. The van der Waals surface area contributed by atoms with Crippen LogP contribution >= 0.6 is 0 Å². The van der Waals surface area contributed by atoms with Crippen molar-refractivity contribution in [2.75, 3.05) is 14.2 Å². The van der Waals surface area contributed by atoms with Crippen molar-refractivity contribution in [3.63, 3.8) is 0 Å². The summed E-state index contributed by atoms with van der Waals surface area (Å²) in [6.07, 6.45) is 0. The van der Waals surface area contributed by atoms with Crippen LogP contribution in [-0.2, 0) is 11.3 Å². The highest BCUT2D eigenvalue weighted by Crippen LogP contribution is 2.30. The van der Waals surface area contributed by atoms with Gasteiger partial charge in [0.15, 0.2) is 5.65 Å². The first kappa shape index (κ1) is 18.9. The van der Waals surface area contributed by atoms with Crippen LogP contribution in [0.25, 0.3) is 28.2 Å². The molecule has 0 bridgehead atoms. The van der Waals surface area contributed by atoms with E-state index < -0.39 is 0 Å². The Morgan fingerprint density at radius 2 is 1.90 bits per heavy atom. The van der Waals surface area contributed by atoms with E-state index in [1.807, 2.05) is 44.2 Å². The summed E-state index contributed by atoms with van der Waals surface area (Å²) >= 11 is 0. The zero-order valence-corrected chi connectivity index (χ0v) is 16.7. The van der Waals surface area contributed by atoms with E-state index in [4.69, 9.17) is 19.0 Å². The second-order valence-corrected chi connectivity index (χ2v) is 7.03. The third-order valence-electron chi connectivity index (χ3n) is 4.72. The van der Waals surface area contributed by atoms with Crippen molar-refractivity contribution in [1.29, 1.82) is 0 Å². The van der Waals surface area contributed by atoms with Crippen molar-refractivity contribution in [1.82, 2.24) is 19.8 Å². The van der Waals surface area contributed by atoms with Crippen LogP contribution in [0.15, 0.2) is 45.7 Å². The number of nitrogens with zero attached hydrogens (tertiary/aromatic N) is 3. The predicted octanol–water partition coefficient (Wildman–Crippen LogP) is 3.62. The Kier molecular flexibility index (Phi) is 4.94. The van der Waals surface area contributed by atoms with E-state index in [2.05, 4.69) is 10.3 Å². The van der Waals surface area contributed by atoms with Crippen molar-refractivity contribution in [3.8, 4) is 28.3 Å². The van der Waals surface area contributed by atoms with Gasteiger partial charge in [0, 0.05) is 30.7 Å². The largest absolute Gasteiger partial charge is 0.497 e. The van der Waals surface area contributed by atoms with E-state index in [-0.39, 0.29) is 11.5 Å². The van der Waals surface area contributed by atoms with Gasteiger partial charge in [-0.2, -0.15) is 0 Å². The number of hydrogen-bond donors (Lipinski definition) is 1. The smallest absolute Gasteiger partial charge is 0.273 e. The van der Waals surface area contributed by atoms with E-state index in [1.54, 1.807) is 14.2 Å². The Morgan fingerprint density at radius 1 is 1.14 bits per heavy atom. The fraction of sp³-hybridized carbons (Fsp3) is 0.286. The highest BCUT2D eigenvalue weighted by molar-refractivity contribution is 5.81. The second-order valence-electron chi connectivity index (χ2n) is 7.03. The molecule has 0 saturated carbocycles. The zero-order valence-electron chi connectivity index (χ0n) is 16.7. The molecule has 3 aromatic heterocycles. The molecule has 8 heteroatoms. The number of fused-ring (bicyclic) bond motifs is 1. The van der Waals surface area contributed by atoms with Crippen LogP contribution in [0, 0.1) is 0 Å². The van der Waals surface area contributed by atoms with Crippen LogP contribution in [0.5, 0.6) is 5.75 Å². The van der Waals surface area contributed by atoms with Crippen molar-refractivity contribution >= 4 is 5.65 Å². The fourth-order valence-electron chi connectivity index (χ4n) is 3.21. The van der Waals surface area contributed by atoms with E-state index >= 15 is 0 Å². The van der Waals surface area contributed by atoms with Gasteiger partial charge in [-0.15, -0.1) is 0 Å². The highest BCUT2D eigenvalue weighted by Gasteiger charge is 2.19. The quantitative estimate of drug-likeness (QED) is 0.537. The number of aromatic nitrogens is 4. The number of methoxy groups -OCH3 is 2. The summed E-state index contributed by atoms with van der Waals surface area (Å²) in [5.74, 6) is 1.68. The maximum Gasteiger partial charge on any atom is 0.273 e. The van der Waals surface area contributed by atoms with E-state index in [0.717, 1.165) is 28.3 Å². The van der Waals surface area contributed by atoms with Crippen molar-refractivity contribution in [3.05, 3.63) is 58.2 Å². The van der Waals surface area contributed by atoms with Crippen LogP contribution in [0.3, 0.4) is 0 Å². The Labute approximate surface area is 167 Å². The van der Waals surface area contributed by atoms with E-state index in [0.29, 0.717) is 23.6 Å². The summed E-state index contributed by atoms with van der Waals surface area (Å²) in [6, 6.07) is 10.8. The lowest BCUT2D eigenvalue weighted by Gasteiger charge is -2.05. The minimum absolute atomic E-state index is 0.191. The summed E-state index contributed by atoms with van der Waals surface area (Å²) in [5, 5.41) is 7.19. The first-order valence-corrected chi connectivity index (χ1v) is 9.26. The molecule has 8 nitrogen and oxygen atoms in total. The fourth-order valence-corrected chi connectivity index (χ4v) is 3.21. The summed E-state index contributed by atoms with van der Waals surface area (Å²) in [5.41, 5.74) is 3.69. The molecular weight excluding hydrogens is 372 g/mol. The number of aromatic amines is 1. The summed E-state index contributed by atoms with van der Waals surface area (Å²) < 4.78 is 17.4. The maximum atomic E-state index is 12.8. The minimum Gasteiger partial charge on any atom is -0.497 e. The summed E-state index contributed by atoms with van der Waals surface area (Å²) in [4.78, 5) is 17.5. The van der Waals surface area contributed by atoms with Gasteiger partial charge in [-0.1, -0.05) is 31.1 Å². The molecule has 4 rings (SSSR count). The number of nitrogens with one attached hydrogen (secondary N) is 1. The molecule has 0 atom stereocenters. The summed E-state index contributed by atoms with van der Waals surface area (Å²) in [7, 11) is 3.22. The molecule has 0 unspecified atom stereocenters. The normalized spacial score (nSPS) is 11.5. The van der Waals surface area contributed by atoms with Crippen LogP contribution in [0.4, 0.5) is 0 Å². The molecule has 0 aliphatic rings. The highest BCUT2D eigenvalue weighted by atomic mass is 16.5. The van der Waals surface area contributed by atoms with Gasteiger partial charge in [0.2, 0.25) is 0 Å². The molecule has 0 radical (unpaired) electrons. The maximum absolute atomic E-state index is 12.8. The lowest BCUT2D eigenvalue weighted by molar-refractivity contribution is 0.181. The lowest BCUT2D eigenvalue weighted by Crippen LogP contribution is -2.14. The second kappa shape index (κ2) is 7.56. The topological polar surface area (TPSA) is 94.7 Å². The number of hydrogen-bond acceptors (Lipinski definition) is 6. The first-order valence-electron chi connectivity index (χ1n) is 9.26. The number of ether oxygens (including phenoxy) is 2. The van der Waals surface area contributed by atoms with Crippen molar-refractivity contribution < 1.29 is 14.0 Å². The Hall–Kier alpha value is -3.39. The average molecular weight is 394 g/mol. The molecule has 0 amide bonds. The van der Waals surface area contributed by atoms with Gasteiger partial charge in [0.25, 0.3) is 5.56 Å². The van der Waals surface area contributed by atoms with Gasteiger partial charge < -0.3 is 14.0 Å². The molecule has 0 aliphatic heterocycles. The van der Waals surface area contributed by atoms with Gasteiger partial charge in [0.1, 0.15) is 22.9 Å². The molecule has 0 spiro atoms. The Morgan fingerprint density at radius 3 is 2.52 bits per heavy atom. The van der Waals surface area contributed by atoms with Gasteiger partial charge in [0.05, 0.1) is 19.4 Å². The number of rotatable bonds is 6. The SMILES string of the molecule is COCc1[nH]n2c(=O)cc(-c3cc(C(C)C)on3)nc2c1-c1ccc(OC)cc1. The molecule has 0 fully saturated rings. The van der Waals surface area contributed by atoms with Crippen LogP contribution in [0.2, 0.25) is 0 Å². The lowest BCUT2D eigenvalue weighted by atomic mass is 10.1. The van der Waals surface area contributed by atoms with Crippen LogP contribution in [-0.4, -0.2) is 34.0 Å². The van der Waals surface area contributed by atoms with E-state index in [9.17, 15) is 4.79 Å². The number of benzene rings is 1. The monoisotopic (exact) mass is 394 g/mol. The third-order valence-corrected chi connectivity index (χ3v) is 4.72. The zero-order chi connectivity index (χ0) is 20.5. The molecule has 4 aromatic rings.